The van der Waals surface area contributed by atoms with Gasteiger partial charge in [-0.25, -0.2) is 4.79 Å². The number of aryl methyl sites for hydroxylation is 1. The van der Waals surface area contributed by atoms with Crippen LogP contribution in [0.25, 0.3) is 0 Å². The number of hydrogen-bond acceptors (Lipinski definition) is 3. The van der Waals surface area contributed by atoms with Crippen molar-refractivity contribution in [3.63, 3.8) is 0 Å². The molecule has 1 saturated heterocycles. The number of rotatable bonds is 9. The standard InChI is InChI=1S/C23H30N2O.C2HF3O2/c26-23(15-7-13-20-9-3-1-4-10-20)24-19-22-14-8-17-25(22)18-16-21-11-5-2-6-12-21;3-2(4,5)1(6)7/h1-6,9-12,22H,7-8,13-19H2,(H,24,26);(H,6,7)/t22-;/m0./s1. The third-order valence-electron chi connectivity index (χ3n) is 5.52. The largest absolute Gasteiger partial charge is 0.490 e. The van der Waals surface area contributed by atoms with Gasteiger partial charge in [-0.15, -0.1) is 0 Å². The summed E-state index contributed by atoms with van der Waals surface area (Å²) in [4.78, 5) is 23.6. The molecular formula is C25H31F3N2O3. The van der Waals surface area contributed by atoms with Gasteiger partial charge in [0.15, 0.2) is 0 Å². The van der Waals surface area contributed by atoms with Crippen LogP contribution in [0.3, 0.4) is 0 Å². The number of carboxylic acid groups (broad SMARTS) is 1. The lowest BCUT2D eigenvalue weighted by Crippen LogP contribution is -2.41. The molecular weight excluding hydrogens is 433 g/mol. The molecule has 33 heavy (non-hydrogen) atoms. The van der Waals surface area contributed by atoms with Crippen LogP contribution in [-0.4, -0.2) is 53.7 Å². The number of likely N-dealkylation sites (tertiary alicyclic amines) is 1. The number of carbonyl (C=O) groups excluding carboxylic acids is 1. The summed E-state index contributed by atoms with van der Waals surface area (Å²) in [7, 11) is 0. The number of alkyl halides is 3. The van der Waals surface area contributed by atoms with Gasteiger partial charge in [-0.3, -0.25) is 9.69 Å². The van der Waals surface area contributed by atoms with Gasteiger partial charge in [-0.2, -0.15) is 13.2 Å². The zero-order valence-corrected chi connectivity index (χ0v) is 18.6. The molecule has 2 N–H and O–H groups in total. The van der Waals surface area contributed by atoms with Crippen molar-refractivity contribution in [1.82, 2.24) is 10.2 Å². The molecule has 1 atom stereocenters. The van der Waals surface area contributed by atoms with Gasteiger partial charge in [0.05, 0.1) is 0 Å². The van der Waals surface area contributed by atoms with Crippen molar-refractivity contribution in [3.8, 4) is 0 Å². The number of hydrogen-bond donors (Lipinski definition) is 2. The summed E-state index contributed by atoms with van der Waals surface area (Å²) in [6.07, 6.45) is 0.940. The summed E-state index contributed by atoms with van der Waals surface area (Å²) < 4.78 is 31.7. The van der Waals surface area contributed by atoms with E-state index in [1.54, 1.807) is 0 Å². The molecule has 0 bridgehead atoms. The lowest BCUT2D eigenvalue weighted by molar-refractivity contribution is -0.192. The number of nitrogens with zero attached hydrogens (tertiary/aromatic N) is 1. The number of aliphatic carboxylic acids is 1. The monoisotopic (exact) mass is 464 g/mol. The van der Waals surface area contributed by atoms with E-state index in [1.807, 2.05) is 6.07 Å². The topological polar surface area (TPSA) is 69.6 Å². The Morgan fingerprint density at radius 3 is 2.06 bits per heavy atom. The van der Waals surface area contributed by atoms with Crippen LogP contribution < -0.4 is 5.32 Å². The number of benzene rings is 2. The second-order valence-corrected chi connectivity index (χ2v) is 8.01. The van der Waals surface area contributed by atoms with E-state index in [-0.39, 0.29) is 5.91 Å². The number of nitrogens with one attached hydrogen (secondary N) is 1. The summed E-state index contributed by atoms with van der Waals surface area (Å²) in [5, 5.41) is 10.3. The quantitative estimate of drug-likeness (QED) is 0.575. The average molecular weight is 465 g/mol. The van der Waals surface area contributed by atoms with Gasteiger partial charge in [0.1, 0.15) is 0 Å². The number of carboxylic acids is 1. The molecule has 1 aliphatic heterocycles. The van der Waals surface area contributed by atoms with Crippen LogP contribution in [0.1, 0.15) is 36.8 Å². The minimum Gasteiger partial charge on any atom is -0.475 e. The summed E-state index contributed by atoms with van der Waals surface area (Å²) >= 11 is 0. The Balaban J connectivity index is 0.000000479. The first-order chi connectivity index (χ1) is 15.8. The van der Waals surface area contributed by atoms with E-state index in [4.69, 9.17) is 9.90 Å². The highest BCUT2D eigenvalue weighted by atomic mass is 19.4. The zero-order chi connectivity index (χ0) is 24.1. The highest BCUT2D eigenvalue weighted by Gasteiger charge is 2.38. The first-order valence-electron chi connectivity index (χ1n) is 11.1. The van der Waals surface area contributed by atoms with Crippen LogP contribution in [0.2, 0.25) is 0 Å². The molecule has 0 saturated carbocycles. The third kappa shape index (κ3) is 10.5. The summed E-state index contributed by atoms with van der Waals surface area (Å²) in [5.41, 5.74) is 2.70. The molecule has 1 aliphatic rings. The van der Waals surface area contributed by atoms with Crippen molar-refractivity contribution in [2.45, 2.75) is 50.7 Å². The van der Waals surface area contributed by atoms with Crippen molar-refractivity contribution in [2.24, 2.45) is 0 Å². The summed E-state index contributed by atoms with van der Waals surface area (Å²) in [6.45, 7) is 3.03. The zero-order valence-electron chi connectivity index (χ0n) is 18.6. The molecule has 8 heteroatoms. The summed E-state index contributed by atoms with van der Waals surface area (Å²) in [5.74, 6) is -2.57. The van der Waals surface area contributed by atoms with Crippen LogP contribution in [-0.2, 0) is 22.4 Å². The Morgan fingerprint density at radius 2 is 1.52 bits per heavy atom. The highest BCUT2D eigenvalue weighted by Crippen LogP contribution is 2.17. The molecule has 2 aromatic carbocycles. The molecule has 1 fully saturated rings. The third-order valence-corrected chi connectivity index (χ3v) is 5.52. The fourth-order valence-electron chi connectivity index (χ4n) is 3.76. The van der Waals surface area contributed by atoms with E-state index < -0.39 is 12.1 Å². The van der Waals surface area contributed by atoms with E-state index in [1.165, 1.54) is 24.0 Å². The van der Waals surface area contributed by atoms with Crippen LogP contribution in [0.4, 0.5) is 13.2 Å². The highest BCUT2D eigenvalue weighted by molar-refractivity contribution is 5.75. The molecule has 0 radical (unpaired) electrons. The lowest BCUT2D eigenvalue weighted by atomic mass is 10.1. The van der Waals surface area contributed by atoms with Gasteiger partial charge in [-0.05, 0) is 49.8 Å². The maximum atomic E-state index is 12.1. The Hall–Kier alpha value is -2.87. The van der Waals surface area contributed by atoms with Gasteiger partial charge >= 0.3 is 12.1 Å². The minimum atomic E-state index is -5.08. The molecule has 5 nitrogen and oxygen atoms in total. The van der Waals surface area contributed by atoms with Crippen molar-refractivity contribution in [2.75, 3.05) is 19.6 Å². The molecule has 1 heterocycles. The van der Waals surface area contributed by atoms with Crippen molar-refractivity contribution < 1.29 is 27.9 Å². The maximum absolute atomic E-state index is 12.1. The predicted molar refractivity (Wildman–Crippen MR) is 121 cm³/mol. The van der Waals surface area contributed by atoms with Gasteiger partial charge in [0.2, 0.25) is 5.91 Å². The first-order valence-corrected chi connectivity index (χ1v) is 11.1. The Labute approximate surface area is 192 Å². The van der Waals surface area contributed by atoms with E-state index in [2.05, 4.69) is 64.8 Å². The average Bonchev–Trinajstić information content (AvgIpc) is 3.25. The number of carbonyl (C=O) groups is 2. The Kier molecular flexibility index (Phi) is 10.9. The van der Waals surface area contributed by atoms with Crippen LogP contribution in [0, 0.1) is 0 Å². The van der Waals surface area contributed by atoms with E-state index >= 15 is 0 Å². The van der Waals surface area contributed by atoms with Gasteiger partial charge in [-0.1, -0.05) is 60.7 Å². The Bertz CT molecular complexity index is 845. The number of halogens is 3. The normalized spacial score (nSPS) is 16.0. The fourth-order valence-corrected chi connectivity index (χ4v) is 3.76. The van der Waals surface area contributed by atoms with Crippen molar-refractivity contribution >= 4 is 11.9 Å². The molecule has 0 spiro atoms. The van der Waals surface area contributed by atoms with Crippen molar-refractivity contribution in [1.29, 1.82) is 0 Å². The van der Waals surface area contributed by atoms with Gasteiger partial charge in [0.25, 0.3) is 0 Å². The van der Waals surface area contributed by atoms with Crippen LogP contribution in [0.15, 0.2) is 60.7 Å². The first kappa shape index (κ1) is 26.4. The van der Waals surface area contributed by atoms with E-state index in [0.29, 0.717) is 12.5 Å². The van der Waals surface area contributed by atoms with Crippen molar-refractivity contribution in [3.05, 3.63) is 71.8 Å². The molecule has 1 amide bonds. The molecule has 0 aromatic heterocycles. The smallest absolute Gasteiger partial charge is 0.475 e. The Morgan fingerprint density at radius 1 is 0.970 bits per heavy atom. The lowest BCUT2D eigenvalue weighted by Gasteiger charge is -2.24. The SMILES string of the molecule is O=C(CCCc1ccccc1)NC[C@@H]1CCCN1CCc1ccccc1.O=C(O)C(F)(F)F. The van der Waals surface area contributed by atoms with Crippen LogP contribution >= 0.6 is 0 Å². The van der Waals surface area contributed by atoms with Crippen LogP contribution in [0.5, 0.6) is 0 Å². The predicted octanol–water partition coefficient (Wildman–Crippen LogP) is 4.47. The fraction of sp³-hybridized carbons (Fsp3) is 0.440. The second-order valence-electron chi connectivity index (χ2n) is 8.01. The molecule has 180 valence electrons. The molecule has 0 aliphatic carbocycles. The molecule has 2 aromatic rings. The maximum Gasteiger partial charge on any atom is 0.490 e. The van der Waals surface area contributed by atoms with E-state index in [0.717, 1.165) is 38.9 Å². The van der Waals surface area contributed by atoms with E-state index in [9.17, 15) is 18.0 Å². The molecule has 0 unspecified atom stereocenters. The van der Waals surface area contributed by atoms with Gasteiger partial charge < -0.3 is 10.4 Å². The van der Waals surface area contributed by atoms with Gasteiger partial charge in [0, 0.05) is 25.6 Å². The molecule has 3 rings (SSSR count). The number of amides is 1. The minimum absolute atomic E-state index is 0.191. The summed E-state index contributed by atoms with van der Waals surface area (Å²) in [6, 6.07) is 21.5. The second kappa shape index (κ2) is 13.6.